The Morgan fingerprint density at radius 1 is 0.775 bits per heavy atom. The van der Waals surface area contributed by atoms with E-state index in [-0.39, 0.29) is 12.3 Å². The molecule has 0 aliphatic rings. The van der Waals surface area contributed by atoms with E-state index in [0.29, 0.717) is 6.42 Å². The molecule has 0 bridgehead atoms. The van der Waals surface area contributed by atoms with Gasteiger partial charge in [-0.3, -0.25) is 33.6 Å². The van der Waals surface area contributed by atoms with Crippen molar-refractivity contribution in [3.63, 3.8) is 0 Å². The van der Waals surface area contributed by atoms with Gasteiger partial charge in [0.15, 0.2) is 0 Å². The van der Waals surface area contributed by atoms with Gasteiger partial charge < -0.3 is 47.6 Å². The molecular weight excluding hydrogens is 532 g/mol. The number of hydrogen-bond acceptors (Lipinski definition) is 9. The number of carboxylic acids is 2. The molecule has 5 amide bonds. The predicted molar refractivity (Wildman–Crippen MR) is 140 cm³/mol. The van der Waals surface area contributed by atoms with E-state index in [9.17, 15) is 38.7 Å². The lowest BCUT2D eigenvalue weighted by atomic mass is 9.97. The fraction of sp³-hybridized carbons (Fsp3) is 0.708. The van der Waals surface area contributed by atoms with Crippen LogP contribution in [0.2, 0.25) is 0 Å². The van der Waals surface area contributed by atoms with Crippen LogP contribution >= 0.6 is 0 Å². The first-order valence-electron chi connectivity index (χ1n) is 12.8. The van der Waals surface area contributed by atoms with E-state index in [2.05, 4.69) is 26.6 Å². The molecule has 0 aromatic heterocycles. The van der Waals surface area contributed by atoms with Crippen LogP contribution in [0.3, 0.4) is 0 Å². The Hall–Kier alpha value is -3.79. The predicted octanol–water partition coefficient (Wildman–Crippen LogP) is -2.97. The zero-order chi connectivity index (χ0) is 31.2. The summed E-state index contributed by atoms with van der Waals surface area (Å²) in [6, 6.07) is -6.38. The number of aliphatic hydroxyl groups excluding tert-OH is 1. The number of nitrogens with one attached hydrogen (secondary N) is 5. The maximum absolute atomic E-state index is 12.7. The summed E-state index contributed by atoms with van der Waals surface area (Å²) in [6.07, 6.45) is -0.0511. The van der Waals surface area contributed by atoms with Gasteiger partial charge in [0.25, 0.3) is 0 Å². The topological polar surface area (TPSA) is 266 Å². The molecule has 40 heavy (non-hydrogen) atoms. The summed E-state index contributed by atoms with van der Waals surface area (Å²) in [5, 5.41) is 39.0. The molecule has 0 rings (SSSR count). The summed E-state index contributed by atoms with van der Waals surface area (Å²) < 4.78 is 0. The monoisotopic (exact) mass is 574 g/mol. The van der Waals surface area contributed by atoms with Crippen LogP contribution in [0.25, 0.3) is 0 Å². The van der Waals surface area contributed by atoms with E-state index in [0.717, 1.165) is 0 Å². The van der Waals surface area contributed by atoms with Crippen molar-refractivity contribution < 1.29 is 48.9 Å². The number of carbonyl (C=O) groups is 7. The highest BCUT2D eigenvalue weighted by Crippen LogP contribution is 2.09. The van der Waals surface area contributed by atoms with Crippen molar-refractivity contribution in [3.8, 4) is 0 Å². The van der Waals surface area contributed by atoms with Crippen LogP contribution in [-0.2, 0) is 33.6 Å². The number of hydrogen-bond donors (Lipinski definition) is 9. The molecule has 6 unspecified atom stereocenters. The Bertz CT molecular complexity index is 928. The van der Waals surface area contributed by atoms with Gasteiger partial charge in [-0.25, -0.2) is 0 Å². The van der Waals surface area contributed by atoms with Crippen molar-refractivity contribution in [1.82, 2.24) is 26.6 Å². The standard InChI is InChI=1S/C24H42N6O10/c1-6-12(4)19(23(38)27-13(5)24(39)40)30-22(37)16(10-31)28-17(32)9-26-21(36)15(7-11(2)3)29-20(35)14(25)8-18(33)34/h11-16,19,31H,6-10,25H2,1-5H3,(H,26,36)(H,27,38)(H,28,32)(H,29,35)(H,30,37)(H,33,34)(H,39,40). The van der Waals surface area contributed by atoms with Gasteiger partial charge in [0.1, 0.15) is 24.2 Å². The summed E-state index contributed by atoms with van der Waals surface area (Å²) in [5.74, 6) is -7.22. The lowest BCUT2D eigenvalue weighted by Gasteiger charge is -2.26. The maximum Gasteiger partial charge on any atom is 0.325 e. The van der Waals surface area contributed by atoms with Crippen LogP contribution in [0.4, 0.5) is 0 Å². The van der Waals surface area contributed by atoms with Crippen LogP contribution in [0.5, 0.6) is 0 Å². The van der Waals surface area contributed by atoms with E-state index in [4.69, 9.17) is 15.9 Å². The van der Waals surface area contributed by atoms with Crippen molar-refractivity contribution in [2.24, 2.45) is 17.6 Å². The van der Waals surface area contributed by atoms with Crippen LogP contribution < -0.4 is 32.3 Å². The third kappa shape index (κ3) is 13.3. The first-order valence-corrected chi connectivity index (χ1v) is 12.8. The number of nitrogens with two attached hydrogens (primary N) is 1. The highest BCUT2D eigenvalue weighted by atomic mass is 16.4. The average Bonchev–Trinajstić information content (AvgIpc) is 2.86. The van der Waals surface area contributed by atoms with Crippen LogP contribution in [0, 0.1) is 11.8 Å². The fourth-order valence-electron chi connectivity index (χ4n) is 3.31. The van der Waals surface area contributed by atoms with Crippen molar-refractivity contribution in [1.29, 1.82) is 0 Å². The molecule has 16 heteroatoms. The Kier molecular flexibility index (Phi) is 16.0. The molecular formula is C24H42N6O10. The molecule has 0 saturated heterocycles. The van der Waals surface area contributed by atoms with Crippen LogP contribution in [0.1, 0.15) is 53.9 Å². The zero-order valence-corrected chi connectivity index (χ0v) is 23.4. The summed E-state index contributed by atoms with van der Waals surface area (Å²) in [4.78, 5) is 84.4. The minimum Gasteiger partial charge on any atom is -0.481 e. The fourth-order valence-corrected chi connectivity index (χ4v) is 3.31. The second kappa shape index (κ2) is 17.7. The van der Waals surface area contributed by atoms with Gasteiger partial charge >= 0.3 is 11.9 Å². The Labute approximate surface area is 232 Å². The van der Waals surface area contributed by atoms with Crippen molar-refractivity contribution >= 4 is 41.5 Å². The van der Waals surface area contributed by atoms with Crippen molar-refractivity contribution in [2.75, 3.05) is 13.2 Å². The molecule has 16 nitrogen and oxygen atoms in total. The highest BCUT2D eigenvalue weighted by molar-refractivity contribution is 5.95. The van der Waals surface area contributed by atoms with Crippen LogP contribution in [0.15, 0.2) is 0 Å². The number of aliphatic carboxylic acids is 2. The molecule has 10 N–H and O–H groups in total. The maximum atomic E-state index is 12.7. The largest absolute Gasteiger partial charge is 0.481 e. The van der Waals surface area contributed by atoms with Gasteiger partial charge in [-0.1, -0.05) is 34.1 Å². The highest BCUT2D eigenvalue weighted by Gasteiger charge is 2.31. The first kappa shape index (κ1) is 36.2. The minimum atomic E-state index is -1.50. The van der Waals surface area contributed by atoms with Gasteiger partial charge in [-0.2, -0.15) is 0 Å². The van der Waals surface area contributed by atoms with Crippen LogP contribution in [-0.4, -0.2) is 100 Å². The number of rotatable bonds is 18. The second-order valence-corrected chi connectivity index (χ2v) is 9.86. The molecule has 0 aliphatic heterocycles. The molecule has 0 heterocycles. The van der Waals surface area contributed by atoms with E-state index in [1.54, 1.807) is 27.7 Å². The number of aliphatic hydroxyl groups is 1. The lowest BCUT2D eigenvalue weighted by Crippen LogP contribution is -2.59. The zero-order valence-electron chi connectivity index (χ0n) is 23.4. The summed E-state index contributed by atoms with van der Waals surface area (Å²) in [5.41, 5.74) is 5.53. The van der Waals surface area contributed by atoms with Crippen molar-refractivity contribution in [2.45, 2.75) is 84.1 Å². The van der Waals surface area contributed by atoms with Crippen molar-refractivity contribution in [3.05, 3.63) is 0 Å². The quantitative estimate of drug-likeness (QED) is 0.0797. The third-order valence-electron chi connectivity index (χ3n) is 5.85. The third-order valence-corrected chi connectivity index (χ3v) is 5.85. The van der Waals surface area contributed by atoms with Gasteiger partial charge in [0, 0.05) is 0 Å². The SMILES string of the molecule is CCC(C)C(NC(=O)C(CO)NC(=O)CNC(=O)C(CC(C)C)NC(=O)C(N)CC(=O)O)C(=O)NC(C)C(=O)O. The average molecular weight is 575 g/mol. The first-order chi connectivity index (χ1) is 18.5. The molecule has 6 atom stereocenters. The van der Waals surface area contributed by atoms with E-state index in [1.807, 2.05) is 0 Å². The summed E-state index contributed by atoms with van der Waals surface area (Å²) >= 11 is 0. The molecule has 228 valence electrons. The van der Waals surface area contributed by atoms with Gasteiger partial charge in [0.05, 0.1) is 25.6 Å². The molecule has 0 aromatic carbocycles. The molecule has 0 radical (unpaired) electrons. The second-order valence-electron chi connectivity index (χ2n) is 9.86. The minimum absolute atomic E-state index is 0.0721. The van der Waals surface area contributed by atoms with Gasteiger partial charge in [0.2, 0.25) is 29.5 Å². The lowest BCUT2D eigenvalue weighted by molar-refractivity contribution is -0.142. The van der Waals surface area contributed by atoms with E-state index in [1.165, 1.54) is 6.92 Å². The number of carbonyl (C=O) groups excluding carboxylic acids is 5. The normalized spacial score (nSPS) is 15.4. The Balaban J connectivity index is 5.24. The molecule has 0 spiro atoms. The van der Waals surface area contributed by atoms with Gasteiger partial charge in [-0.05, 0) is 25.2 Å². The van der Waals surface area contributed by atoms with E-state index < -0.39 is 97.2 Å². The molecule has 0 aromatic rings. The Morgan fingerprint density at radius 2 is 1.38 bits per heavy atom. The van der Waals surface area contributed by atoms with E-state index >= 15 is 0 Å². The molecule has 0 fully saturated rings. The molecule has 0 saturated carbocycles. The number of amides is 5. The number of carboxylic acid groups (broad SMARTS) is 2. The molecule has 0 aliphatic carbocycles. The van der Waals surface area contributed by atoms with Gasteiger partial charge in [-0.15, -0.1) is 0 Å². The summed E-state index contributed by atoms with van der Waals surface area (Å²) in [7, 11) is 0. The smallest absolute Gasteiger partial charge is 0.325 e. The Morgan fingerprint density at radius 3 is 1.85 bits per heavy atom. The summed E-state index contributed by atoms with van der Waals surface area (Å²) in [6.45, 7) is 6.72.